The molecule has 0 fully saturated rings. The zero-order chi connectivity index (χ0) is 11.5. The van der Waals surface area contributed by atoms with E-state index in [1.54, 1.807) is 6.92 Å². The second-order valence-electron chi connectivity index (χ2n) is 3.61. The molecule has 0 aliphatic carbocycles. The maximum absolute atomic E-state index is 10.7. The molecule has 1 atom stereocenters. The smallest absolute Gasteiger partial charge is 0.316 e. The van der Waals surface area contributed by atoms with Crippen LogP contribution < -0.4 is 0 Å². The molecule has 3 heteroatoms. The molecule has 0 amide bonds. The van der Waals surface area contributed by atoms with Crippen molar-refractivity contribution in [2.45, 2.75) is 17.1 Å². The van der Waals surface area contributed by atoms with Crippen molar-refractivity contribution in [1.82, 2.24) is 0 Å². The molecule has 2 aromatic rings. The van der Waals surface area contributed by atoms with E-state index in [1.807, 2.05) is 42.5 Å². The summed E-state index contributed by atoms with van der Waals surface area (Å²) < 4.78 is 0. The van der Waals surface area contributed by atoms with Gasteiger partial charge in [-0.2, -0.15) is 0 Å². The summed E-state index contributed by atoms with van der Waals surface area (Å²) in [6.45, 7) is 1.70. The van der Waals surface area contributed by atoms with Crippen LogP contribution in [0.5, 0.6) is 0 Å². The van der Waals surface area contributed by atoms with Crippen LogP contribution in [0.25, 0.3) is 10.8 Å². The van der Waals surface area contributed by atoms with Crippen molar-refractivity contribution in [3.63, 3.8) is 0 Å². The third kappa shape index (κ3) is 2.36. The second kappa shape index (κ2) is 4.58. The molecule has 0 aliphatic rings. The minimum atomic E-state index is -0.779. The topological polar surface area (TPSA) is 37.3 Å². The van der Waals surface area contributed by atoms with Gasteiger partial charge in [-0.05, 0) is 29.8 Å². The summed E-state index contributed by atoms with van der Waals surface area (Å²) in [4.78, 5) is 11.7. The van der Waals surface area contributed by atoms with E-state index in [4.69, 9.17) is 5.11 Å². The van der Waals surface area contributed by atoms with Crippen LogP contribution in [0, 0.1) is 0 Å². The normalized spacial score (nSPS) is 12.6. The monoisotopic (exact) mass is 232 g/mol. The van der Waals surface area contributed by atoms with Crippen LogP contribution in [0.1, 0.15) is 6.92 Å². The predicted octanol–water partition coefficient (Wildman–Crippen LogP) is 3.41. The third-order valence-electron chi connectivity index (χ3n) is 2.38. The molecule has 1 N–H and O–H groups in total. The highest BCUT2D eigenvalue weighted by Gasteiger charge is 2.12. The molecule has 0 saturated carbocycles. The fourth-order valence-electron chi connectivity index (χ4n) is 1.50. The van der Waals surface area contributed by atoms with Gasteiger partial charge in [-0.25, -0.2) is 0 Å². The van der Waals surface area contributed by atoms with Gasteiger partial charge < -0.3 is 5.11 Å². The Morgan fingerprint density at radius 1 is 1.19 bits per heavy atom. The average molecular weight is 232 g/mol. The first-order valence-electron chi connectivity index (χ1n) is 5.05. The number of carbonyl (C=O) groups is 1. The predicted molar refractivity (Wildman–Crippen MR) is 66.9 cm³/mol. The van der Waals surface area contributed by atoms with E-state index in [0.29, 0.717) is 0 Å². The van der Waals surface area contributed by atoms with Gasteiger partial charge in [0, 0.05) is 4.90 Å². The minimum Gasteiger partial charge on any atom is -0.480 e. The van der Waals surface area contributed by atoms with Crippen molar-refractivity contribution in [3.05, 3.63) is 42.5 Å². The average Bonchev–Trinajstić information content (AvgIpc) is 2.28. The maximum Gasteiger partial charge on any atom is 0.316 e. The Hall–Kier alpha value is -1.48. The van der Waals surface area contributed by atoms with Crippen LogP contribution in [0.15, 0.2) is 47.4 Å². The number of rotatable bonds is 3. The first kappa shape index (κ1) is 11.0. The summed E-state index contributed by atoms with van der Waals surface area (Å²) >= 11 is 1.37. The van der Waals surface area contributed by atoms with Crippen molar-refractivity contribution < 1.29 is 9.90 Å². The Kier molecular flexibility index (Phi) is 3.15. The first-order valence-corrected chi connectivity index (χ1v) is 5.93. The van der Waals surface area contributed by atoms with Crippen LogP contribution in [-0.2, 0) is 4.79 Å². The van der Waals surface area contributed by atoms with E-state index in [9.17, 15) is 4.79 Å². The standard InChI is InChI=1S/C13H12O2S/c1-9(13(14)15)16-12-7-6-10-4-2-3-5-11(10)8-12/h2-9H,1H3,(H,14,15)/t9-/m0/s1. The molecule has 0 aliphatic heterocycles. The molecule has 2 nitrogen and oxygen atoms in total. The lowest BCUT2D eigenvalue weighted by Crippen LogP contribution is -2.10. The minimum absolute atomic E-state index is 0.416. The quantitative estimate of drug-likeness (QED) is 0.824. The van der Waals surface area contributed by atoms with Gasteiger partial charge >= 0.3 is 5.97 Å². The summed E-state index contributed by atoms with van der Waals surface area (Å²) in [6, 6.07) is 14.1. The second-order valence-corrected chi connectivity index (χ2v) is 5.02. The van der Waals surface area contributed by atoms with Crippen molar-refractivity contribution in [2.24, 2.45) is 0 Å². The van der Waals surface area contributed by atoms with Gasteiger partial charge in [0.05, 0.1) is 0 Å². The zero-order valence-corrected chi connectivity index (χ0v) is 9.70. The van der Waals surface area contributed by atoms with Gasteiger partial charge in [0.15, 0.2) is 0 Å². The molecule has 0 heterocycles. The highest BCUT2D eigenvalue weighted by molar-refractivity contribution is 8.00. The molecule has 16 heavy (non-hydrogen) atoms. The van der Waals surface area contributed by atoms with Gasteiger partial charge in [0.25, 0.3) is 0 Å². The lowest BCUT2D eigenvalue weighted by molar-refractivity contribution is -0.136. The molecular weight excluding hydrogens is 220 g/mol. The first-order chi connectivity index (χ1) is 7.66. The van der Waals surface area contributed by atoms with Gasteiger partial charge in [0.1, 0.15) is 5.25 Å². The van der Waals surface area contributed by atoms with Crippen molar-refractivity contribution >= 4 is 28.5 Å². The largest absolute Gasteiger partial charge is 0.480 e. The summed E-state index contributed by atoms with van der Waals surface area (Å²) in [5, 5.41) is 10.7. The summed E-state index contributed by atoms with van der Waals surface area (Å²) in [7, 11) is 0. The lowest BCUT2D eigenvalue weighted by Gasteiger charge is -2.06. The van der Waals surface area contributed by atoms with Crippen LogP contribution in [-0.4, -0.2) is 16.3 Å². The van der Waals surface area contributed by atoms with E-state index in [-0.39, 0.29) is 0 Å². The zero-order valence-electron chi connectivity index (χ0n) is 8.88. The third-order valence-corrected chi connectivity index (χ3v) is 3.46. The van der Waals surface area contributed by atoms with Crippen LogP contribution in [0.3, 0.4) is 0 Å². The number of hydrogen-bond acceptors (Lipinski definition) is 2. The number of carboxylic acids is 1. The SMILES string of the molecule is C[C@H](Sc1ccc2ccccc2c1)C(=O)O. The van der Waals surface area contributed by atoms with E-state index in [0.717, 1.165) is 10.3 Å². The Morgan fingerprint density at radius 2 is 1.88 bits per heavy atom. The van der Waals surface area contributed by atoms with Crippen molar-refractivity contribution in [2.75, 3.05) is 0 Å². The summed E-state index contributed by atoms with van der Waals surface area (Å²) in [5.41, 5.74) is 0. The Bertz CT molecular complexity index is 522. The molecule has 0 aromatic heterocycles. The van der Waals surface area contributed by atoms with Gasteiger partial charge in [-0.1, -0.05) is 30.3 Å². The van der Waals surface area contributed by atoms with Crippen LogP contribution >= 0.6 is 11.8 Å². The Morgan fingerprint density at radius 3 is 2.56 bits per heavy atom. The molecule has 0 spiro atoms. The highest BCUT2D eigenvalue weighted by Crippen LogP contribution is 2.26. The molecule has 0 bridgehead atoms. The summed E-state index contributed by atoms with van der Waals surface area (Å²) in [6.07, 6.45) is 0. The van der Waals surface area contributed by atoms with E-state index in [2.05, 4.69) is 0 Å². The van der Waals surface area contributed by atoms with Gasteiger partial charge in [-0.3, -0.25) is 4.79 Å². The Labute approximate surface area is 98.3 Å². The maximum atomic E-state index is 10.7. The van der Waals surface area contributed by atoms with Crippen LogP contribution in [0.4, 0.5) is 0 Å². The number of benzene rings is 2. The molecule has 82 valence electrons. The molecule has 0 radical (unpaired) electrons. The number of fused-ring (bicyclic) bond motifs is 1. The number of aliphatic carboxylic acids is 1. The Balaban J connectivity index is 2.29. The molecule has 0 unspecified atom stereocenters. The fraction of sp³-hybridized carbons (Fsp3) is 0.154. The lowest BCUT2D eigenvalue weighted by atomic mass is 10.1. The van der Waals surface area contributed by atoms with E-state index in [1.165, 1.54) is 17.1 Å². The molecule has 2 aromatic carbocycles. The number of carboxylic acid groups (broad SMARTS) is 1. The molecule has 0 saturated heterocycles. The van der Waals surface area contributed by atoms with E-state index >= 15 is 0 Å². The van der Waals surface area contributed by atoms with Crippen molar-refractivity contribution in [3.8, 4) is 0 Å². The van der Waals surface area contributed by atoms with Gasteiger partial charge in [-0.15, -0.1) is 11.8 Å². The van der Waals surface area contributed by atoms with Gasteiger partial charge in [0.2, 0.25) is 0 Å². The van der Waals surface area contributed by atoms with E-state index < -0.39 is 11.2 Å². The molecular formula is C13H12O2S. The number of thioether (sulfide) groups is 1. The van der Waals surface area contributed by atoms with Crippen LogP contribution in [0.2, 0.25) is 0 Å². The molecule has 2 rings (SSSR count). The summed E-state index contributed by atoms with van der Waals surface area (Å²) in [5.74, 6) is -0.779. The highest BCUT2D eigenvalue weighted by atomic mass is 32.2. The number of hydrogen-bond donors (Lipinski definition) is 1. The fourth-order valence-corrected chi connectivity index (χ4v) is 2.35. The van der Waals surface area contributed by atoms with Crippen molar-refractivity contribution in [1.29, 1.82) is 0 Å².